The lowest BCUT2D eigenvalue weighted by atomic mass is 10.2. The van der Waals surface area contributed by atoms with Crippen molar-refractivity contribution < 1.29 is 4.79 Å². The first-order valence-electron chi connectivity index (χ1n) is 11.7. The van der Waals surface area contributed by atoms with Crippen LogP contribution in [-0.4, -0.2) is 33.9 Å². The number of H-pyrrole nitrogens is 1. The molecule has 2 aromatic carbocycles. The number of aromatic amines is 1. The molecule has 170 valence electrons. The van der Waals surface area contributed by atoms with Gasteiger partial charge in [0.2, 0.25) is 0 Å². The second-order valence-electron chi connectivity index (χ2n) is 8.58. The molecule has 4 aromatic rings. The molecule has 1 aliphatic heterocycles. The number of fused-ring (bicyclic) bond motifs is 1. The first-order valence-corrected chi connectivity index (χ1v) is 12.6. The molecule has 5 rings (SSSR count). The zero-order valence-electron chi connectivity index (χ0n) is 18.7. The SMILES string of the molecule is O=C(NCc1cccc(N2CCCC2)c1)c1csc(CCCCc2nc3ccccc3[nH]2)n1. The fraction of sp³-hybridized carbons (Fsp3) is 0.346. The van der Waals surface area contributed by atoms with Crippen LogP contribution >= 0.6 is 11.3 Å². The molecule has 3 heterocycles. The van der Waals surface area contributed by atoms with E-state index in [1.807, 2.05) is 23.6 Å². The molecule has 0 saturated carbocycles. The van der Waals surface area contributed by atoms with Crippen LogP contribution in [0.3, 0.4) is 0 Å². The standard InChI is InChI=1S/C26H29N5OS/c32-26(27-17-19-8-7-9-20(16-19)31-14-5-6-15-31)23-18-33-25(30-23)13-4-3-12-24-28-21-10-1-2-11-22(21)29-24/h1-2,7-11,16,18H,3-6,12-15,17H2,(H,27,32)(H,28,29). The average Bonchev–Trinajstić information content (AvgIpc) is 3.61. The lowest BCUT2D eigenvalue weighted by molar-refractivity contribution is 0.0946. The number of anilines is 1. The minimum atomic E-state index is -0.105. The van der Waals surface area contributed by atoms with E-state index in [4.69, 9.17) is 0 Å². The van der Waals surface area contributed by atoms with E-state index >= 15 is 0 Å². The van der Waals surface area contributed by atoms with Crippen LogP contribution in [-0.2, 0) is 19.4 Å². The van der Waals surface area contributed by atoms with E-state index in [0.717, 1.165) is 66.2 Å². The van der Waals surface area contributed by atoms with Crippen molar-refractivity contribution in [3.63, 3.8) is 0 Å². The number of amides is 1. The third-order valence-corrected chi connectivity index (χ3v) is 7.02. The van der Waals surface area contributed by atoms with Gasteiger partial charge in [-0.25, -0.2) is 9.97 Å². The zero-order valence-corrected chi connectivity index (χ0v) is 19.5. The maximum atomic E-state index is 12.6. The quantitative estimate of drug-likeness (QED) is 0.341. The van der Waals surface area contributed by atoms with Gasteiger partial charge >= 0.3 is 0 Å². The van der Waals surface area contributed by atoms with Crippen molar-refractivity contribution in [1.29, 1.82) is 0 Å². The molecule has 6 nitrogen and oxygen atoms in total. The Morgan fingerprint density at radius 3 is 2.76 bits per heavy atom. The summed E-state index contributed by atoms with van der Waals surface area (Å²) in [6.07, 6.45) is 6.38. The predicted molar refractivity (Wildman–Crippen MR) is 134 cm³/mol. The average molecular weight is 460 g/mol. The van der Waals surface area contributed by atoms with Crippen molar-refractivity contribution in [2.45, 2.75) is 45.1 Å². The molecule has 0 bridgehead atoms. The van der Waals surface area contributed by atoms with E-state index in [-0.39, 0.29) is 5.91 Å². The van der Waals surface area contributed by atoms with Crippen molar-refractivity contribution in [2.24, 2.45) is 0 Å². The summed E-state index contributed by atoms with van der Waals surface area (Å²) < 4.78 is 0. The number of para-hydroxylation sites is 2. The molecule has 0 radical (unpaired) electrons. The number of nitrogens with zero attached hydrogens (tertiary/aromatic N) is 3. The highest BCUT2D eigenvalue weighted by Crippen LogP contribution is 2.21. The van der Waals surface area contributed by atoms with Crippen molar-refractivity contribution in [1.82, 2.24) is 20.3 Å². The molecule has 0 spiro atoms. The van der Waals surface area contributed by atoms with Crippen molar-refractivity contribution >= 4 is 34.0 Å². The summed E-state index contributed by atoms with van der Waals surface area (Å²) in [5, 5.41) is 5.90. The molecule has 7 heteroatoms. The number of thiazole rings is 1. The first kappa shape index (κ1) is 21.6. The van der Waals surface area contributed by atoms with E-state index in [1.165, 1.54) is 18.5 Å². The number of hydrogen-bond donors (Lipinski definition) is 2. The molecule has 1 amide bonds. The van der Waals surface area contributed by atoms with Gasteiger partial charge in [0.1, 0.15) is 11.5 Å². The lowest BCUT2D eigenvalue weighted by Crippen LogP contribution is -2.23. The second-order valence-corrected chi connectivity index (χ2v) is 9.52. The normalized spacial score (nSPS) is 13.6. The molecule has 2 aromatic heterocycles. The van der Waals surface area contributed by atoms with Gasteiger partial charge in [0.05, 0.1) is 16.0 Å². The van der Waals surface area contributed by atoms with E-state index in [2.05, 4.69) is 55.5 Å². The van der Waals surface area contributed by atoms with Crippen LogP contribution in [0.5, 0.6) is 0 Å². The number of hydrogen-bond acceptors (Lipinski definition) is 5. The first-order chi connectivity index (χ1) is 16.2. The fourth-order valence-corrected chi connectivity index (χ4v) is 5.15. The Labute approximate surface area is 198 Å². The van der Waals surface area contributed by atoms with Crippen molar-refractivity contribution in [3.8, 4) is 0 Å². The Hall–Kier alpha value is -3.19. The van der Waals surface area contributed by atoms with Gasteiger partial charge in [0.25, 0.3) is 5.91 Å². The molecule has 1 fully saturated rings. The van der Waals surface area contributed by atoms with Gasteiger partial charge in [0.15, 0.2) is 0 Å². The van der Waals surface area contributed by atoms with Crippen LogP contribution < -0.4 is 10.2 Å². The monoisotopic (exact) mass is 459 g/mol. The van der Waals surface area contributed by atoms with Crippen LogP contribution in [0.1, 0.15) is 52.6 Å². The second kappa shape index (κ2) is 10.2. The molecule has 1 saturated heterocycles. The van der Waals surface area contributed by atoms with Gasteiger partial charge in [-0.1, -0.05) is 24.3 Å². The number of imidazole rings is 1. The van der Waals surface area contributed by atoms with Crippen LogP contribution in [0.25, 0.3) is 11.0 Å². The van der Waals surface area contributed by atoms with Crippen LogP contribution in [0.4, 0.5) is 5.69 Å². The van der Waals surface area contributed by atoms with E-state index in [0.29, 0.717) is 12.2 Å². The summed E-state index contributed by atoms with van der Waals surface area (Å²) in [5.41, 5.74) is 4.99. The molecule has 0 atom stereocenters. The van der Waals surface area contributed by atoms with E-state index < -0.39 is 0 Å². The van der Waals surface area contributed by atoms with Gasteiger partial charge in [-0.15, -0.1) is 11.3 Å². The number of carbonyl (C=O) groups is 1. The molecule has 33 heavy (non-hydrogen) atoms. The Balaban J connectivity index is 1.07. The van der Waals surface area contributed by atoms with E-state index in [1.54, 1.807) is 11.3 Å². The number of unbranched alkanes of at least 4 members (excludes halogenated alkanes) is 1. The summed E-state index contributed by atoms with van der Waals surface area (Å²) in [7, 11) is 0. The van der Waals surface area contributed by atoms with Crippen molar-refractivity contribution in [2.75, 3.05) is 18.0 Å². The van der Waals surface area contributed by atoms with Crippen LogP contribution in [0.15, 0.2) is 53.9 Å². The van der Waals surface area contributed by atoms with Gasteiger partial charge in [-0.05, 0) is 61.9 Å². The van der Waals surface area contributed by atoms with Gasteiger partial charge in [-0.3, -0.25) is 4.79 Å². The molecule has 0 unspecified atom stereocenters. The van der Waals surface area contributed by atoms with Crippen molar-refractivity contribution in [3.05, 3.63) is 76.0 Å². The Bertz CT molecular complexity index is 1190. The maximum absolute atomic E-state index is 12.6. The van der Waals surface area contributed by atoms with Crippen LogP contribution in [0.2, 0.25) is 0 Å². The number of rotatable bonds is 9. The Morgan fingerprint density at radius 2 is 1.88 bits per heavy atom. The third kappa shape index (κ3) is 5.42. The minimum Gasteiger partial charge on any atom is -0.372 e. The third-order valence-electron chi connectivity index (χ3n) is 6.11. The summed E-state index contributed by atoms with van der Waals surface area (Å²) in [6.45, 7) is 2.76. The summed E-state index contributed by atoms with van der Waals surface area (Å²) in [6, 6.07) is 16.6. The zero-order chi connectivity index (χ0) is 22.5. The smallest absolute Gasteiger partial charge is 0.271 e. The Kier molecular flexibility index (Phi) is 6.67. The van der Waals surface area contributed by atoms with Crippen LogP contribution in [0, 0.1) is 0 Å². The largest absolute Gasteiger partial charge is 0.372 e. The number of benzene rings is 2. The molecule has 0 aliphatic carbocycles. The highest BCUT2D eigenvalue weighted by atomic mass is 32.1. The summed E-state index contributed by atoms with van der Waals surface area (Å²) >= 11 is 1.57. The maximum Gasteiger partial charge on any atom is 0.271 e. The molecular weight excluding hydrogens is 430 g/mol. The number of nitrogens with one attached hydrogen (secondary N) is 2. The Morgan fingerprint density at radius 1 is 1.03 bits per heavy atom. The van der Waals surface area contributed by atoms with Gasteiger partial charge < -0.3 is 15.2 Å². The summed E-state index contributed by atoms with van der Waals surface area (Å²) in [4.78, 5) is 27.6. The molecule has 2 N–H and O–H groups in total. The lowest BCUT2D eigenvalue weighted by Gasteiger charge is -2.18. The highest BCUT2D eigenvalue weighted by Gasteiger charge is 2.14. The topological polar surface area (TPSA) is 73.9 Å². The fourth-order valence-electron chi connectivity index (χ4n) is 4.33. The van der Waals surface area contributed by atoms with Gasteiger partial charge in [0, 0.05) is 37.1 Å². The summed E-state index contributed by atoms with van der Waals surface area (Å²) in [5.74, 6) is 0.926. The van der Waals surface area contributed by atoms with E-state index in [9.17, 15) is 4.79 Å². The number of aryl methyl sites for hydroxylation is 2. The minimum absolute atomic E-state index is 0.105. The number of aromatic nitrogens is 3. The number of carbonyl (C=O) groups excluding carboxylic acids is 1. The molecule has 1 aliphatic rings. The predicted octanol–water partition coefficient (Wildman–Crippen LogP) is 5.12. The molecular formula is C26H29N5OS. The highest BCUT2D eigenvalue weighted by molar-refractivity contribution is 7.09. The van der Waals surface area contributed by atoms with Gasteiger partial charge in [-0.2, -0.15) is 0 Å².